The Balaban J connectivity index is 2.31. The number of aliphatic hydroxyl groups excluding tert-OH is 1. The van der Waals surface area contributed by atoms with Crippen LogP contribution in [0.3, 0.4) is 0 Å². The van der Waals surface area contributed by atoms with E-state index in [1.54, 1.807) is 0 Å². The minimum Gasteiger partial charge on any atom is -0.396 e. The van der Waals surface area contributed by atoms with Crippen LogP contribution >= 0.6 is 0 Å². The zero-order chi connectivity index (χ0) is 13.4. The molecule has 0 aliphatic carbocycles. The average molecular weight is 258 g/mol. The van der Waals surface area contributed by atoms with Crippen LogP contribution in [-0.4, -0.2) is 50.0 Å². The van der Waals surface area contributed by atoms with Gasteiger partial charge in [0.2, 0.25) is 5.91 Å². The highest BCUT2D eigenvalue weighted by molar-refractivity contribution is 5.79. The summed E-state index contributed by atoms with van der Waals surface area (Å²) in [4.78, 5) is 12.0. The van der Waals surface area contributed by atoms with E-state index < -0.39 is 0 Å². The molecule has 1 amide bonds. The molecule has 106 valence electrons. The van der Waals surface area contributed by atoms with Gasteiger partial charge in [-0.1, -0.05) is 13.8 Å². The Morgan fingerprint density at radius 3 is 2.94 bits per heavy atom. The Hall–Kier alpha value is -0.650. The summed E-state index contributed by atoms with van der Waals surface area (Å²) in [7, 11) is 0. The van der Waals surface area contributed by atoms with E-state index in [9.17, 15) is 4.79 Å². The van der Waals surface area contributed by atoms with Gasteiger partial charge < -0.3 is 20.5 Å². The summed E-state index contributed by atoms with van der Waals surface area (Å²) in [6, 6.07) is 0.137. The molecular weight excluding hydrogens is 232 g/mol. The first-order valence-electron chi connectivity index (χ1n) is 6.88. The highest BCUT2D eigenvalue weighted by atomic mass is 16.5. The van der Waals surface area contributed by atoms with Gasteiger partial charge in [0.1, 0.15) is 0 Å². The van der Waals surface area contributed by atoms with Gasteiger partial charge in [-0.2, -0.15) is 0 Å². The van der Waals surface area contributed by atoms with Gasteiger partial charge in [0.25, 0.3) is 0 Å². The minimum absolute atomic E-state index is 0.0610. The van der Waals surface area contributed by atoms with E-state index in [1.165, 1.54) is 0 Å². The van der Waals surface area contributed by atoms with Crippen molar-refractivity contribution < 1.29 is 14.6 Å². The summed E-state index contributed by atoms with van der Waals surface area (Å²) in [6.07, 6.45) is 1.78. The second-order valence-corrected chi connectivity index (χ2v) is 5.07. The molecule has 3 atom stereocenters. The number of hydrogen-bond acceptors (Lipinski definition) is 4. The number of carbonyl (C=O) groups excluding carboxylic acids is 1. The van der Waals surface area contributed by atoms with Gasteiger partial charge >= 0.3 is 0 Å². The molecule has 0 radical (unpaired) electrons. The van der Waals surface area contributed by atoms with E-state index in [1.807, 2.05) is 6.92 Å². The van der Waals surface area contributed by atoms with Crippen molar-refractivity contribution in [1.82, 2.24) is 10.6 Å². The standard InChI is InChI=1S/C13H26N2O3/c1-3-5-14-12-9-18-8-11(12)13(17)15-7-10(2)4-6-16/h10-12,14,16H,3-9H2,1-2H3,(H,15,17). The molecule has 1 saturated heterocycles. The molecule has 1 aliphatic heterocycles. The van der Waals surface area contributed by atoms with Crippen molar-refractivity contribution in [2.45, 2.75) is 32.7 Å². The van der Waals surface area contributed by atoms with E-state index in [4.69, 9.17) is 9.84 Å². The predicted molar refractivity (Wildman–Crippen MR) is 70.3 cm³/mol. The molecular formula is C13H26N2O3. The molecule has 0 bridgehead atoms. The van der Waals surface area contributed by atoms with E-state index >= 15 is 0 Å². The first-order valence-corrected chi connectivity index (χ1v) is 6.88. The maximum atomic E-state index is 12.0. The Labute approximate surface area is 109 Å². The molecule has 1 fully saturated rings. The van der Waals surface area contributed by atoms with Crippen LogP contribution in [0.15, 0.2) is 0 Å². The van der Waals surface area contributed by atoms with Crippen LogP contribution in [0, 0.1) is 11.8 Å². The first-order chi connectivity index (χ1) is 8.69. The summed E-state index contributed by atoms with van der Waals surface area (Å²) >= 11 is 0. The zero-order valence-electron chi connectivity index (χ0n) is 11.4. The van der Waals surface area contributed by atoms with Crippen LogP contribution in [0.25, 0.3) is 0 Å². The third-order valence-electron chi connectivity index (χ3n) is 3.32. The Kier molecular flexibility index (Phi) is 7.23. The fraction of sp³-hybridized carbons (Fsp3) is 0.923. The molecule has 5 heteroatoms. The first kappa shape index (κ1) is 15.4. The third-order valence-corrected chi connectivity index (χ3v) is 3.32. The van der Waals surface area contributed by atoms with Crippen molar-refractivity contribution in [2.24, 2.45) is 11.8 Å². The van der Waals surface area contributed by atoms with Crippen molar-refractivity contribution in [1.29, 1.82) is 0 Å². The lowest BCUT2D eigenvalue weighted by Crippen LogP contribution is -2.45. The fourth-order valence-electron chi connectivity index (χ4n) is 2.07. The normalized spacial score (nSPS) is 25.1. The van der Waals surface area contributed by atoms with E-state index in [2.05, 4.69) is 17.6 Å². The molecule has 5 nitrogen and oxygen atoms in total. The average Bonchev–Trinajstić information content (AvgIpc) is 2.82. The highest BCUT2D eigenvalue weighted by Crippen LogP contribution is 2.14. The molecule has 3 unspecified atom stereocenters. The summed E-state index contributed by atoms with van der Waals surface area (Å²) in [5.74, 6) is 0.284. The van der Waals surface area contributed by atoms with Gasteiger partial charge in [-0.25, -0.2) is 0 Å². The Morgan fingerprint density at radius 2 is 2.28 bits per heavy atom. The summed E-state index contributed by atoms with van der Waals surface area (Å²) < 4.78 is 5.38. The SMILES string of the molecule is CCCNC1COCC1C(=O)NCC(C)CCO. The minimum atomic E-state index is -0.0853. The van der Waals surface area contributed by atoms with Crippen molar-refractivity contribution in [3.63, 3.8) is 0 Å². The maximum absolute atomic E-state index is 12.0. The lowest BCUT2D eigenvalue weighted by atomic mass is 10.0. The molecule has 1 aliphatic rings. The summed E-state index contributed by atoms with van der Waals surface area (Å²) in [5, 5.41) is 15.1. The van der Waals surface area contributed by atoms with E-state index in [0.29, 0.717) is 25.7 Å². The van der Waals surface area contributed by atoms with Gasteiger partial charge in [-0.3, -0.25) is 4.79 Å². The molecule has 1 heterocycles. The molecule has 0 aromatic carbocycles. The number of amides is 1. The number of hydrogen-bond donors (Lipinski definition) is 3. The van der Waals surface area contributed by atoms with Crippen molar-refractivity contribution in [3.05, 3.63) is 0 Å². The van der Waals surface area contributed by atoms with Gasteiger partial charge in [0.15, 0.2) is 0 Å². The monoisotopic (exact) mass is 258 g/mol. The number of aliphatic hydroxyl groups is 1. The van der Waals surface area contributed by atoms with Crippen molar-refractivity contribution in [2.75, 3.05) is 32.9 Å². The Bertz CT molecular complexity index is 248. The largest absolute Gasteiger partial charge is 0.396 e. The molecule has 18 heavy (non-hydrogen) atoms. The van der Waals surface area contributed by atoms with Gasteiger partial charge in [-0.05, 0) is 25.3 Å². The topological polar surface area (TPSA) is 70.6 Å². The van der Waals surface area contributed by atoms with Crippen LogP contribution in [-0.2, 0) is 9.53 Å². The number of rotatable bonds is 8. The smallest absolute Gasteiger partial charge is 0.227 e. The summed E-state index contributed by atoms with van der Waals surface area (Å²) in [6.45, 7) is 6.95. The van der Waals surface area contributed by atoms with Crippen LogP contribution in [0.1, 0.15) is 26.7 Å². The predicted octanol–water partition coefficient (Wildman–Crippen LogP) is 0.136. The van der Waals surface area contributed by atoms with E-state index in [0.717, 1.165) is 19.4 Å². The number of carbonyl (C=O) groups is 1. The van der Waals surface area contributed by atoms with Crippen molar-refractivity contribution in [3.8, 4) is 0 Å². The summed E-state index contributed by atoms with van der Waals surface area (Å²) in [5.41, 5.74) is 0. The van der Waals surface area contributed by atoms with Gasteiger partial charge in [0, 0.05) is 19.2 Å². The zero-order valence-corrected chi connectivity index (χ0v) is 11.4. The molecule has 0 saturated carbocycles. The molecule has 0 aromatic heterocycles. The molecule has 3 N–H and O–H groups in total. The second kappa shape index (κ2) is 8.45. The second-order valence-electron chi connectivity index (χ2n) is 5.07. The van der Waals surface area contributed by atoms with E-state index in [-0.39, 0.29) is 24.5 Å². The lowest BCUT2D eigenvalue weighted by molar-refractivity contribution is -0.125. The van der Waals surface area contributed by atoms with Gasteiger partial charge in [0.05, 0.1) is 19.1 Å². The number of nitrogens with one attached hydrogen (secondary N) is 2. The maximum Gasteiger partial charge on any atom is 0.227 e. The fourth-order valence-corrected chi connectivity index (χ4v) is 2.07. The van der Waals surface area contributed by atoms with Crippen LogP contribution in [0.5, 0.6) is 0 Å². The molecule has 0 aromatic rings. The van der Waals surface area contributed by atoms with Crippen molar-refractivity contribution >= 4 is 5.91 Å². The Morgan fingerprint density at radius 1 is 1.50 bits per heavy atom. The quantitative estimate of drug-likeness (QED) is 0.579. The highest BCUT2D eigenvalue weighted by Gasteiger charge is 2.33. The molecule has 0 spiro atoms. The van der Waals surface area contributed by atoms with Crippen LogP contribution in [0.2, 0.25) is 0 Å². The van der Waals surface area contributed by atoms with Gasteiger partial charge in [-0.15, -0.1) is 0 Å². The third kappa shape index (κ3) is 4.92. The van der Waals surface area contributed by atoms with Crippen LogP contribution < -0.4 is 10.6 Å². The lowest BCUT2D eigenvalue weighted by Gasteiger charge is -2.19. The number of ether oxygens (including phenoxy) is 1. The molecule has 1 rings (SSSR count). The van der Waals surface area contributed by atoms with Crippen LogP contribution in [0.4, 0.5) is 0 Å².